The number of aromatic carboxylic acids is 1. The lowest BCUT2D eigenvalue weighted by atomic mass is 9.91. The third-order valence-electron chi connectivity index (χ3n) is 7.82. The van der Waals surface area contributed by atoms with Gasteiger partial charge in [0.05, 0.1) is 29.6 Å². The zero-order chi connectivity index (χ0) is 27.2. The highest BCUT2D eigenvalue weighted by molar-refractivity contribution is 6.20. The van der Waals surface area contributed by atoms with Crippen molar-refractivity contribution in [1.82, 2.24) is 14.3 Å². The van der Waals surface area contributed by atoms with E-state index in [4.69, 9.17) is 22.2 Å². The predicted octanol–water partition coefficient (Wildman–Crippen LogP) is 3.09. The summed E-state index contributed by atoms with van der Waals surface area (Å²) in [5, 5.41) is 13.0. The summed E-state index contributed by atoms with van der Waals surface area (Å²) in [5.74, 6) is -2.69. The van der Waals surface area contributed by atoms with Crippen LogP contribution in [0, 0.1) is 0 Å². The van der Waals surface area contributed by atoms with Crippen LogP contribution in [0.2, 0.25) is 0 Å². The molecule has 2 heterocycles. The number of nitrogens with zero attached hydrogens (tertiary/aromatic N) is 2. The van der Waals surface area contributed by atoms with Gasteiger partial charge in [-0.3, -0.25) is 13.7 Å². The summed E-state index contributed by atoms with van der Waals surface area (Å²) >= 11 is 6.61. The molecule has 200 valence electrons. The maximum absolute atomic E-state index is 13.2. The standard InChI is InChI=1S/C28H31ClN4O5/c1-32(2)12-11-28(9-10-28)19-7-5-16(6-8-19)26(35)31-20-15-38-24(25(30)34)23(20)22-13-17-3-4-18(27(36)37)14-21(17)33(22)29/h3-8,13-14,20,23-24H,9-12,15H2,1-2H3,(H2,30,34)(H,31,35)(H,36,37). The van der Waals surface area contributed by atoms with Crippen molar-refractivity contribution < 1.29 is 24.2 Å². The van der Waals surface area contributed by atoms with Gasteiger partial charge in [0, 0.05) is 28.4 Å². The number of halogens is 1. The number of hydrogen-bond donors (Lipinski definition) is 3. The van der Waals surface area contributed by atoms with Gasteiger partial charge in [-0.2, -0.15) is 0 Å². The van der Waals surface area contributed by atoms with Crippen molar-refractivity contribution in [2.45, 2.75) is 42.7 Å². The third-order valence-corrected chi connectivity index (χ3v) is 8.20. The molecule has 1 saturated heterocycles. The number of carboxylic acid groups (broad SMARTS) is 1. The fourth-order valence-electron chi connectivity index (χ4n) is 5.43. The molecule has 2 amide bonds. The van der Waals surface area contributed by atoms with Gasteiger partial charge >= 0.3 is 5.97 Å². The van der Waals surface area contributed by atoms with E-state index in [1.54, 1.807) is 12.1 Å². The number of primary amides is 1. The average molecular weight is 539 g/mol. The Balaban J connectivity index is 1.38. The van der Waals surface area contributed by atoms with Crippen LogP contribution in [0.25, 0.3) is 10.9 Å². The van der Waals surface area contributed by atoms with Gasteiger partial charge < -0.3 is 25.8 Å². The monoisotopic (exact) mass is 538 g/mol. The summed E-state index contributed by atoms with van der Waals surface area (Å²) in [4.78, 5) is 39.1. The lowest BCUT2D eigenvalue weighted by Gasteiger charge is -2.23. The van der Waals surface area contributed by atoms with Gasteiger partial charge in [0.2, 0.25) is 5.91 Å². The molecule has 1 aromatic heterocycles. The molecule has 9 nitrogen and oxygen atoms in total. The van der Waals surface area contributed by atoms with E-state index >= 15 is 0 Å². The topological polar surface area (TPSA) is 127 Å². The number of carboxylic acids is 1. The Morgan fingerprint density at radius 2 is 1.82 bits per heavy atom. The Kier molecular flexibility index (Phi) is 6.94. The van der Waals surface area contributed by atoms with Crippen molar-refractivity contribution in [3.05, 3.63) is 70.9 Å². The van der Waals surface area contributed by atoms with Crippen LogP contribution in [0.15, 0.2) is 48.5 Å². The zero-order valence-corrected chi connectivity index (χ0v) is 22.1. The molecule has 38 heavy (non-hydrogen) atoms. The molecule has 1 saturated carbocycles. The third kappa shape index (κ3) is 4.89. The number of hydrogen-bond acceptors (Lipinski definition) is 5. The second kappa shape index (κ2) is 10.1. The van der Waals surface area contributed by atoms with Crippen LogP contribution in [0.5, 0.6) is 0 Å². The van der Waals surface area contributed by atoms with E-state index < -0.39 is 29.9 Å². The van der Waals surface area contributed by atoms with Gasteiger partial charge in [-0.25, -0.2) is 4.79 Å². The molecule has 3 unspecified atom stereocenters. The van der Waals surface area contributed by atoms with Crippen LogP contribution < -0.4 is 11.1 Å². The van der Waals surface area contributed by atoms with Crippen molar-refractivity contribution in [2.75, 3.05) is 27.2 Å². The highest BCUT2D eigenvalue weighted by Crippen LogP contribution is 2.51. The largest absolute Gasteiger partial charge is 0.478 e. The van der Waals surface area contributed by atoms with Crippen molar-refractivity contribution in [2.24, 2.45) is 5.73 Å². The van der Waals surface area contributed by atoms with Crippen LogP contribution in [0.4, 0.5) is 0 Å². The molecule has 3 aromatic rings. The number of benzene rings is 2. The van der Waals surface area contributed by atoms with Crippen molar-refractivity contribution in [3.8, 4) is 0 Å². The molecular weight excluding hydrogens is 508 g/mol. The predicted molar refractivity (Wildman–Crippen MR) is 144 cm³/mol. The van der Waals surface area contributed by atoms with Crippen molar-refractivity contribution >= 4 is 40.5 Å². The number of nitrogens with one attached hydrogen (secondary N) is 1. The molecule has 10 heteroatoms. The molecule has 0 bridgehead atoms. The van der Waals surface area contributed by atoms with E-state index in [0.717, 1.165) is 25.8 Å². The van der Waals surface area contributed by atoms with Crippen LogP contribution in [-0.2, 0) is 14.9 Å². The normalized spacial score (nSPS) is 22.1. The number of amides is 2. The van der Waals surface area contributed by atoms with Crippen LogP contribution in [0.3, 0.4) is 0 Å². The smallest absolute Gasteiger partial charge is 0.335 e. The number of rotatable bonds is 9. The maximum atomic E-state index is 13.2. The molecule has 3 atom stereocenters. The quantitative estimate of drug-likeness (QED) is 0.384. The van der Waals surface area contributed by atoms with Crippen LogP contribution in [0.1, 0.15) is 57.2 Å². The van der Waals surface area contributed by atoms with E-state index in [0.29, 0.717) is 22.2 Å². The first kappa shape index (κ1) is 26.2. The molecule has 0 spiro atoms. The van der Waals surface area contributed by atoms with Crippen LogP contribution >= 0.6 is 11.8 Å². The summed E-state index contributed by atoms with van der Waals surface area (Å²) in [6.07, 6.45) is 2.39. The number of ether oxygens (including phenoxy) is 1. The Morgan fingerprint density at radius 3 is 2.42 bits per heavy atom. The molecule has 1 aliphatic heterocycles. The fourth-order valence-corrected chi connectivity index (χ4v) is 5.73. The molecule has 2 fully saturated rings. The second-order valence-corrected chi connectivity index (χ2v) is 10.9. The zero-order valence-electron chi connectivity index (χ0n) is 21.3. The highest BCUT2D eigenvalue weighted by Gasteiger charge is 2.45. The number of fused-ring (bicyclic) bond motifs is 1. The SMILES string of the molecule is CN(C)CCC1(c2ccc(C(=O)NC3COC(C(N)=O)C3c3cc4ccc(C(=O)O)cc4n3Cl)cc2)CC1. The average Bonchev–Trinajstić information content (AvgIpc) is 3.47. The number of carbonyl (C=O) groups is 3. The lowest BCUT2D eigenvalue weighted by molar-refractivity contribution is -0.127. The Hall–Kier alpha value is -3.40. The highest BCUT2D eigenvalue weighted by atomic mass is 35.5. The number of carbonyl (C=O) groups excluding carboxylic acids is 2. The summed E-state index contributed by atoms with van der Waals surface area (Å²) in [6, 6.07) is 13.5. The summed E-state index contributed by atoms with van der Waals surface area (Å²) in [5.41, 5.74) is 8.65. The van der Waals surface area contributed by atoms with Gasteiger partial charge in [0.1, 0.15) is 6.10 Å². The Morgan fingerprint density at radius 1 is 1.13 bits per heavy atom. The van der Waals surface area contributed by atoms with Gasteiger partial charge in [0.15, 0.2) is 0 Å². The fraction of sp³-hybridized carbons (Fsp3) is 0.393. The van der Waals surface area contributed by atoms with Gasteiger partial charge in [-0.05, 0) is 81.2 Å². The molecule has 2 aliphatic rings. The minimum Gasteiger partial charge on any atom is -0.478 e. The first-order valence-corrected chi connectivity index (χ1v) is 13.0. The Bertz CT molecular complexity index is 1400. The summed E-state index contributed by atoms with van der Waals surface area (Å²) < 4.78 is 7.02. The summed E-state index contributed by atoms with van der Waals surface area (Å²) in [7, 11) is 4.15. The number of nitrogens with two attached hydrogens (primary N) is 1. The minimum atomic E-state index is -1.08. The molecular formula is C28H31ClN4O5. The second-order valence-electron chi connectivity index (χ2n) is 10.6. The minimum absolute atomic E-state index is 0.0779. The molecule has 5 rings (SSSR count). The Labute approximate surface area is 225 Å². The van der Waals surface area contributed by atoms with E-state index in [1.807, 2.05) is 24.3 Å². The van der Waals surface area contributed by atoms with Gasteiger partial charge in [-0.15, -0.1) is 0 Å². The molecule has 4 N–H and O–H groups in total. The summed E-state index contributed by atoms with van der Waals surface area (Å²) in [6.45, 7) is 1.09. The van der Waals surface area contributed by atoms with Crippen molar-refractivity contribution in [1.29, 1.82) is 0 Å². The van der Waals surface area contributed by atoms with E-state index in [1.165, 1.54) is 21.8 Å². The lowest BCUT2D eigenvalue weighted by Crippen LogP contribution is -2.42. The molecule has 2 aromatic carbocycles. The van der Waals surface area contributed by atoms with Crippen molar-refractivity contribution in [3.63, 3.8) is 0 Å². The molecule has 1 aliphatic carbocycles. The van der Waals surface area contributed by atoms with Crippen LogP contribution in [-0.4, -0.2) is 71.3 Å². The maximum Gasteiger partial charge on any atom is 0.335 e. The van der Waals surface area contributed by atoms with E-state index in [2.05, 4.69) is 24.3 Å². The van der Waals surface area contributed by atoms with E-state index in [-0.39, 0.29) is 23.5 Å². The first-order valence-electron chi connectivity index (χ1n) is 12.6. The van der Waals surface area contributed by atoms with Gasteiger partial charge in [-0.1, -0.05) is 18.2 Å². The molecule has 0 radical (unpaired) electrons. The number of aromatic nitrogens is 1. The van der Waals surface area contributed by atoms with Gasteiger partial charge in [0.25, 0.3) is 5.91 Å². The van der Waals surface area contributed by atoms with E-state index in [9.17, 15) is 19.5 Å². The first-order chi connectivity index (χ1) is 18.1.